The van der Waals surface area contributed by atoms with Gasteiger partial charge in [-0.05, 0) is 56.2 Å². The van der Waals surface area contributed by atoms with Crippen molar-refractivity contribution in [2.75, 3.05) is 6.54 Å². The van der Waals surface area contributed by atoms with E-state index >= 15 is 0 Å². The summed E-state index contributed by atoms with van der Waals surface area (Å²) in [6.45, 7) is 3.39. The van der Waals surface area contributed by atoms with Gasteiger partial charge in [0.2, 0.25) is 10.0 Å². The van der Waals surface area contributed by atoms with E-state index in [1.54, 1.807) is 0 Å². The van der Waals surface area contributed by atoms with Crippen molar-refractivity contribution in [2.45, 2.75) is 49.1 Å². The summed E-state index contributed by atoms with van der Waals surface area (Å²) in [6.07, 6.45) is -5.81. The lowest BCUT2D eigenvalue weighted by Gasteiger charge is -2.42. The van der Waals surface area contributed by atoms with Crippen LogP contribution in [0, 0.1) is 0 Å². The molecule has 0 saturated heterocycles. The van der Waals surface area contributed by atoms with Crippen molar-refractivity contribution in [3.8, 4) is 5.75 Å². The SMILES string of the molecule is CC1(C)Oc2ccc(C(=O)NCCc3ccccc3)cc2C(NS(=O)(=O)c2ccccc2C(F)(F)F)C1O. The van der Waals surface area contributed by atoms with Gasteiger partial charge < -0.3 is 15.2 Å². The molecule has 0 saturated carbocycles. The van der Waals surface area contributed by atoms with Crippen molar-refractivity contribution >= 4 is 15.9 Å². The van der Waals surface area contributed by atoms with E-state index in [0.29, 0.717) is 19.0 Å². The molecular formula is C27H27F3N2O5S. The van der Waals surface area contributed by atoms with E-state index in [0.717, 1.165) is 17.7 Å². The summed E-state index contributed by atoms with van der Waals surface area (Å²) in [4.78, 5) is 11.8. The summed E-state index contributed by atoms with van der Waals surface area (Å²) in [5.74, 6) is -0.245. The van der Waals surface area contributed by atoms with Crippen LogP contribution in [0.25, 0.3) is 0 Å². The van der Waals surface area contributed by atoms with Gasteiger partial charge in [-0.25, -0.2) is 13.1 Å². The molecule has 4 rings (SSSR count). The van der Waals surface area contributed by atoms with Crippen molar-refractivity contribution < 1.29 is 36.2 Å². The van der Waals surface area contributed by atoms with Gasteiger partial charge in [0.05, 0.1) is 16.5 Å². The topological polar surface area (TPSA) is 105 Å². The second-order valence-corrected chi connectivity index (χ2v) is 11.2. The third-order valence-electron chi connectivity index (χ3n) is 6.31. The highest BCUT2D eigenvalue weighted by molar-refractivity contribution is 7.89. The zero-order valence-electron chi connectivity index (χ0n) is 20.6. The smallest absolute Gasteiger partial charge is 0.417 e. The first-order valence-corrected chi connectivity index (χ1v) is 13.3. The minimum atomic E-state index is -4.91. The zero-order chi connectivity index (χ0) is 27.7. The van der Waals surface area contributed by atoms with Crippen LogP contribution in [0.4, 0.5) is 13.2 Å². The number of hydrogen-bond donors (Lipinski definition) is 3. The van der Waals surface area contributed by atoms with Crippen LogP contribution in [-0.4, -0.2) is 37.7 Å². The monoisotopic (exact) mass is 548 g/mol. The molecule has 0 aliphatic carbocycles. The van der Waals surface area contributed by atoms with Gasteiger partial charge >= 0.3 is 6.18 Å². The number of ether oxygens (including phenoxy) is 1. The van der Waals surface area contributed by atoms with Crippen molar-refractivity contribution in [3.63, 3.8) is 0 Å². The second-order valence-electron chi connectivity index (χ2n) is 9.49. The van der Waals surface area contributed by atoms with Gasteiger partial charge in [0.15, 0.2) is 0 Å². The van der Waals surface area contributed by atoms with E-state index in [4.69, 9.17) is 4.74 Å². The van der Waals surface area contributed by atoms with E-state index in [1.165, 1.54) is 38.1 Å². The Bertz CT molecular complexity index is 1430. The van der Waals surface area contributed by atoms with Gasteiger partial charge in [-0.2, -0.15) is 13.2 Å². The molecule has 38 heavy (non-hydrogen) atoms. The minimum Gasteiger partial charge on any atom is -0.485 e. The lowest BCUT2D eigenvalue weighted by Crippen LogP contribution is -2.53. The van der Waals surface area contributed by atoms with Gasteiger partial charge in [0.25, 0.3) is 5.91 Å². The van der Waals surface area contributed by atoms with E-state index in [-0.39, 0.29) is 16.9 Å². The number of hydrogen-bond acceptors (Lipinski definition) is 5. The highest BCUT2D eigenvalue weighted by atomic mass is 32.2. The number of carbonyl (C=O) groups excluding carboxylic acids is 1. The van der Waals surface area contributed by atoms with Crippen LogP contribution in [0.3, 0.4) is 0 Å². The van der Waals surface area contributed by atoms with Gasteiger partial charge in [0.1, 0.15) is 17.5 Å². The fraction of sp³-hybridized carbons (Fsp3) is 0.296. The van der Waals surface area contributed by atoms with Crippen LogP contribution in [0.1, 0.15) is 46.9 Å². The number of fused-ring (bicyclic) bond motifs is 1. The molecule has 3 aromatic rings. The van der Waals surface area contributed by atoms with Crippen LogP contribution >= 0.6 is 0 Å². The van der Waals surface area contributed by atoms with Crippen LogP contribution in [0.2, 0.25) is 0 Å². The summed E-state index contributed by atoms with van der Waals surface area (Å²) in [6, 6.07) is 16.3. The molecule has 1 amide bonds. The quantitative estimate of drug-likeness (QED) is 0.410. The Morgan fingerprint density at radius 1 is 1.03 bits per heavy atom. The molecule has 202 valence electrons. The molecule has 0 radical (unpaired) electrons. The molecule has 0 fully saturated rings. The lowest BCUT2D eigenvalue weighted by molar-refractivity contribution is -0.139. The molecule has 11 heteroatoms. The Morgan fingerprint density at radius 3 is 2.37 bits per heavy atom. The Kier molecular flexibility index (Phi) is 7.55. The van der Waals surface area contributed by atoms with E-state index in [2.05, 4.69) is 10.0 Å². The fourth-order valence-corrected chi connectivity index (χ4v) is 5.75. The number of rotatable bonds is 7. The summed E-state index contributed by atoms with van der Waals surface area (Å²) in [5, 5.41) is 13.8. The standard InChI is InChI=1S/C27H27F3N2O5S/c1-26(2)24(33)23(32-38(35,36)22-11-7-6-10-20(22)27(28,29)30)19-16-18(12-13-21(19)37-26)25(34)31-15-14-17-8-4-3-5-9-17/h3-13,16,23-24,32-33H,14-15H2,1-2H3,(H,31,34). The van der Waals surface area contributed by atoms with Crippen molar-refractivity contribution in [3.05, 3.63) is 95.1 Å². The first-order valence-electron chi connectivity index (χ1n) is 11.8. The number of benzene rings is 3. The fourth-order valence-electron chi connectivity index (χ4n) is 4.30. The first kappa shape index (κ1) is 27.6. The number of amides is 1. The van der Waals surface area contributed by atoms with E-state index in [1.807, 2.05) is 30.3 Å². The average Bonchev–Trinajstić information content (AvgIpc) is 2.86. The summed E-state index contributed by atoms with van der Waals surface area (Å²) < 4.78 is 75.1. The molecule has 0 bridgehead atoms. The summed E-state index contributed by atoms with van der Waals surface area (Å²) in [5.41, 5.74) is -1.29. The largest absolute Gasteiger partial charge is 0.485 e. The van der Waals surface area contributed by atoms with Crippen molar-refractivity contribution in [1.29, 1.82) is 0 Å². The Hall–Kier alpha value is -3.41. The Balaban J connectivity index is 1.63. The number of aliphatic hydroxyl groups excluding tert-OH is 1. The molecule has 1 aliphatic heterocycles. The number of aliphatic hydroxyl groups is 1. The predicted octanol–water partition coefficient (Wildman–Crippen LogP) is 4.23. The van der Waals surface area contributed by atoms with E-state index < -0.39 is 50.3 Å². The van der Waals surface area contributed by atoms with Gasteiger partial charge in [-0.15, -0.1) is 0 Å². The van der Waals surface area contributed by atoms with Gasteiger partial charge in [0, 0.05) is 17.7 Å². The van der Waals surface area contributed by atoms with Crippen LogP contribution < -0.4 is 14.8 Å². The molecule has 7 nitrogen and oxygen atoms in total. The van der Waals surface area contributed by atoms with E-state index in [9.17, 15) is 31.5 Å². The molecule has 3 aromatic carbocycles. The van der Waals surface area contributed by atoms with Gasteiger partial charge in [-0.1, -0.05) is 42.5 Å². The molecule has 1 heterocycles. The molecule has 2 atom stereocenters. The first-order chi connectivity index (χ1) is 17.8. The van der Waals surface area contributed by atoms with Crippen LogP contribution in [0.15, 0.2) is 77.7 Å². The maximum atomic E-state index is 13.5. The Labute approximate surface area is 218 Å². The van der Waals surface area contributed by atoms with Crippen LogP contribution in [0.5, 0.6) is 5.75 Å². The highest BCUT2D eigenvalue weighted by Gasteiger charge is 2.46. The number of carbonyl (C=O) groups is 1. The molecule has 0 spiro atoms. The lowest BCUT2D eigenvalue weighted by atomic mass is 9.86. The zero-order valence-corrected chi connectivity index (χ0v) is 21.4. The number of alkyl halides is 3. The molecule has 1 aliphatic rings. The van der Waals surface area contributed by atoms with Crippen LogP contribution in [-0.2, 0) is 22.6 Å². The number of nitrogens with one attached hydrogen (secondary N) is 2. The molecule has 0 aromatic heterocycles. The molecule has 3 N–H and O–H groups in total. The van der Waals surface area contributed by atoms with Crippen molar-refractivity contribution in [2.24, 2.45) is 0 Å². The summed E-state index contributed by atoms with van der Waals surface area (Å²) in [7, 11) is -4.76. The highest BCUT2D eigenvalue weighted by Crippen LogP contribution is 2.42. The summed E-state index contributed by atoms with van der Waals surface area (Å²) >= 11 is 0. The number of halogens is 3. The molecule has 2 unspecified atom stereocenters. The second kappa shape index (κ2) is 10.4. The normalized spacial score (nSPS) is 18.8. The van der Waals surface area contributed by atoms with Gasteiger partial charge in [-0.3, -0.25) is 4.79 Å². The minimum absolute atomic E-state index is 0.126. The predicted molar refractivity (Wildman–Crippen MR) is 134 cm³/mol. The third kappa shape index (κ3) is 5.85. The Morgan fingerprint density at radius 2 is 1.68 bits per heavy atom. The molecular weight excluding hydrogens is 521 g/mol. The average molecular weight is 549 g/mol. The number of sulfonamides is 1. The van der Waals surface area contributed by atoms with Crippen molar-refractivity contribution in [1.82, 2.24) is 10.0 Å². The third-order valence-corrected chi connectivity index (χ3v) is 7.81. The maximum Gasteiger partial charge on any atom is 0.417 e. The maximum absolute atomic E-state index is 13.5.